The van der Waals surface area contributed by atoms with E-state index in [0.29, 0.717) is 11.5 Å². The highest BCUT2D eigenvalue weighted by Crippen LogP contribution is 2.44. The summed E-state index contributed by atoms with van der Waals surface area (Å²) in [5.74, 6) is -1.92. The molecule has 2 aromatic heterocycles. The predicted octanol–water partition coefficient (Wildman–Crippen LogP) is 3.01. The lowest BCUT2D eigenvalue weighted by atomic mass is 9.76. The number of carboxylic acids is 1. The molecule has 2 aliphatic heterocycles. The number of aliphatic carboxylic acids is 1. The van der Waals surface area contributed by atoms with Crippen molar-refractivity contribution in [1.29, 1.82) is 0 Å². The van der Waals surface area contributed by atoms with Crippen molar-refractivity contribution >= 4 is 11.9 Å². The zero-order valence-electron chi connectivity index (χ0n) is 18.4. The maximum Gasteiger partial charge on any atom is 0.490 e. The Bertz CT molecular complexity index is 878. The zero-order chi connectivity index (χ0) is 23.9. The van der Waals surface area contributed by atoms with E-state index in [0.717, 1.165) is 50.8 Å². The van der Waals surface area contributed by atoms with Crippen LogP contribution in [-0.2, 0) is 16.1 Å². The summed E-state index contributed by atoms with van der Waals surface area (Å²) in [5, 5.41) is 7.12. The van der Waals surface area contributed by atoms with Gasteiger partial charge in [-0.25, -0.2) is 14.8 Å². The van der Waals surface area contributed by atoms with Crippen LogP contribution in [0.15, 0.2) is 42.9 Å². The summed E-state index contributed by atoms with van der Waals surface area (Å²) in [6.07, 6.45) is 4.04. The van der Waals surface area contributed by atoms with E-state index < -0.39 is 12.1 Å². The summed E-state index contributed by atoms with van der Waals surface area (Å²) in [4.78, 5) is 27.2. The van der Waals surface area contributed by atoms with Crippen molar-refractivity contribution < 1.29 is 27.8 Å². The lowest BCUT2D eigenvalue weighted by molar-refractivity contribution is -0.192. The number of pyridine rings is 1. The second-order valence-electron chi connectivity index (χ2n) is 8.39. The third-order valence-corrected chi connectivity index (χ3v) is 6.05. The number of aromatic nitrogens is 3. The molecule has 4 heterocycles. The topological polar surface area (TPSA) is 91.7 Å². The first-order chi connectivity index (χ1) is 15.7. The molecule has 33 heavy (non-hydrogen) atoms. The van der Waals surface area contributed by atoms with Crippen LogP contribution in [0.3, 0.4) is 0 Å². The average Bonchev–Trinajstić information content (AvgIpc) is 3.15. The lowest BCUT2D eigenvalue weighted by Crippen LogP contribution is -2.41. The van der Waals surface area contributed by atoms with E-state index in [1.807, 2.05) is 30.7 Å². The first-order valence-electron chi connectivity index (χ1n) is 10.7. The van der Waals surface area contributed by atoms with E-state index in [9.17, 15) is 13.2 Å². The molecule has 0 bridgehead atoms. The van der Waals surface area contributed by atoms with Crippen molar-refractivity contribution in [2.75, 3.05) is 38.3 Å². The fourth-order valence-corrected chi connectivity index (χ4v) is 4.45. The fourth-order valence-electron chi connectivity index (χ4n) is 4.45. The van der Waals surface area contributed by atoms with E-state index in [1.54, 1.807) is 7.11 Å². The number of alkyl halides is 3. The Morgan fingerprint density at radius 1 is 1.15 bits per heavy atom. The summed E-state index contributed by atoms with van der Waals surface area (Å²) < 4.78 is 37.2. The van der Waals surface area contributed by atoms with E-state index in [1.165, 1.54) is 12.8 Å². The van der Waals surface area contributed by atoms with Gasteiger partial charge in [0.1, 0.15) is 0 Å². The smallest absolute Gasteiger partial charge is 0.475 e. The van der Waals surface area contributed by atoms with Gasteiger partial charge in [-0.05, 0) is 56.0 Å². The molecule has 180 valence electrons. The van der Waals surface area contributed by atoms with Crippen molar-refractivity contribution in [3.8, 4) is 0 Å². The summed E-state index contributed by atoms with van der Waals surface area (Å²) >= 11 is 0. The number of nitrogens with zero attached hydrogens (tertiary/aromatic N) is 5. The van der Waals surface area contributed by atoms with Gasteiger partial charge in [0, 0.05) is 38.8 Å². The Kier molecular flexibility index (Phi) is 8.20. The zero-order valence-corrected chi connectivity index (χ0v) is 18.4. The number of likely N-dealkylation sites (tertiary alicyclic amines) is 1. The Morgan fingerprint density at radius 2 is 1.79 bits per heavy atom. The molecule has 0 aromatic carbocycles. The Labute approximate surface area is 190 Å². The summed E-state index contributed by atoms with van der Waals surface area (Å²) in [6, 6.07) is 8.39. The van der Waals surface area contributed by atoms with Gasteiger partial charge in [0.05, 0.1) is 18.3 Å². The Morgan fingerprint density at radius 3 is 2.33 bits per heavy atom. The van der Waals surface area contributed by atoms with E-state index in [2.05, 4.69) is 36.9 Å². The first kappa shape index (κ1) is 24.8. The highest BCUT2D eigenvalue weighted by Gasteiger charge is 2.46. The molecule has 2 aromatic rings. The molecule has 2 saturated heterocycles. The second kappa shape index (κ2) is 10.9. The van der Waals surface area contributed by atoms with Crippen LogP contribution in [0.5, 0.6) is 0 Å². The minimum Gasteiger partial charge on any atom is -0.475 e. The van der Waals surface area contributed by atoms with Crippen LogP contribution in [0, 0.1) is 5.41 Å². The van der Waals surface area contributed by atoms with Crippen LogP contribution in [-0.4, -0.2) is 76.5 Å². The highest BCUT2D eigenvalue weighted by atomic mass is 19.4. The second-order valence-corrected chi connectivity index (χ2v) is 8.39. The highest BCUT2D eigenvalue weighted by molar-refractivity contribution is 5.73. The normalized spacial score (nSPS) is 20.4. The third-order valence-electron chi connectivity index (χ3n) is 6.05. The van der Waals surface area contributed by atoms with E-state index >= 15 is 0 Å². The molecule has 0 radical (unpaired) electrons. The molecule has 2 fully saturated rings. The number of rotatable bonds is 5. The van der Waals surface area contributed by atoms with Gasteiger partial charge < -0.3 is 14.7 Å². The van der Waals surface area contributed by atoms with Crippen LogP contribution >= 0.6 is 0 Å². The van der Waals surface area contributed by atoms with Gasteiger partial charge in [-0.15, -0.1) is 0 Å². The average molecular weight is 467 g/mol. The molecule has 0 aliphatic carbocycles. The van der Waals surface area contributed by atoms with E-state index in [4.69, 9.17) is 14.6 Å². The number of halogens is 3. The van der Waals surface area contributed by atoms with Crippen molar-refractivity contribution in [2.24, 2.45) is 5.41 Å². The van der Waals surface area contributed by atoms with Gasteiger partial charge >= 0.3 is 12.1 Å². The first-order valence-corrected chi connectivity index (χ1v) is 10.7. The minimum atomic E-state index is -5.08. The van der Waals surface area contributed by atoms with Gasteiger partial charge in [0.2, 0.25) is 5.95 Å². The molecule has 0 saturated carbocycles. The molecule has 0 amide bonds. The van der Waals surface area contributed by atoms with Crippen LogP contribution in [0.2, 0.25) is 0 Å². The maximum atomic E-state index is 10.6. The van der Waals surface area contributed by atoms with Gasteiger partial charge in [-0.2, -0.15) is 13.2 Å². The number of hydrogen-bond donors (Lipinski definition) is 1. The predicted molar refractivity (Wildman–Crippen MR) is 115 cm³/mol. The van der Waals surface area contributed by atoms with Crippen molar-refractivity contribution in [2.45, 2.75) is 38.0 Å². The largest absolute Gasteiger partial charge is 0.490 e. The molecular weight excluding hydrogens is 439 g/mol. The molecule has 11 heteroatoms. The number of anilines is 1. The molecule has 2 aliphatic rings. The van der Waals surface area contributed by atoms with Crippen LogP contribution in [0.4, 0.5) is 19.1 Å². The van der Waals surface area contributed by atoms with Crippen LogP contribution in [0.25, 0.3) is 0 Å². The van der Waals surface area contributed by atoms with Gasteiger partial charge in [0.15, 0.2) is 0 Å². The molecule has 4 rings (SSSR count). The van der Waals surface area contributed by atoms with Crippen LogP contribution < -0.4 is 4.90 Å². The number of methoxy groups -OCH3 is 1. The maximum absolute atomic E-state index is 10.6. The molecular formula is C22H28F3N5O3. The number of hydrogen-bond acceptors (Lipinski definition) is 7. The molecule has 8 nitrogen and oxygen atoms in total. The fraction of sp³-hybridized carbons (Fsp3) is 0.545. The monoisotopic (exact) mass is 467 g/mol. The number of piperidine rings is 1. The summed E-state index contributed by atoms with van der Waals surface area (Å²) in [7, 11) is 1.78. The van der Waals surface area contributed by atoms with Crippen molar-refractivity contribution in [3.63, 3.8) is 0 Å². The lowest BCUT2D eigenvalue weighted by Gasteiger charge is -2.39. The molecule has 1 unspecified atom stereocenters. The van der Waals surface area contributed by atoms with Crippen molar-refractivity contribution in [3.05, 3.63) is 48.5 Å². The summed E-state index contributed by atoms with van der Waals surface area (Å²) in [5.41, 5.74) is 1.51. The van der Waals surface area contributed by atoms with Gasteiger partial charge in [0.25, 0.3) is 0 Å². The van der Waals surface area contributed by atoms with Crippen molar-refractivity contribution in [1.82, 2.24) is 19.9 Å². The van der Waals surface area contributed by atoms with Gasteiger partial charge in [-0.3, -0.25) is 9.88 Å². The standard InChI is InChI=1S/C20H27N5O.C2HF3O2/c1-26-15-18-13-20(16-25(18)19-22-9-4-10-23-19)6-11-24(12-7-20)14-17-5-2-3-8-21-17;3-2(4,5)1(6)7/h2-5,8-10,18H,6-7,11-16H2,1H3;(H,6,7). The number of ether oxygens (including phenoxy) is 1. The summed E-state index contributed by atoms with van der Waals surface area (Å²) in [6.45, 7) is 4.96. The van der Waals surface area contributed by atoms with Gasteiger partial charge in [-0.1, -0.05) is 6.07 Å². The molecule has 1 N–H and O–H groups in total. The SMILES string of the molecule is COCC1CC2(CCN(Cc3ccccn3)CC2)CN1c1ncccn1.O=C(O)C(F)(F)F. The molecule has 1 atom stereocenters. The Hall–Kier alpha value is -2.79. The number of carbonyl (C=O) groups is 1. The molecule has 1 spiro atoms. The number of carboxylic acid groups (broad SMARTS) is 1. The quantitative estimate of drug-likeness (QED) is 0.718. The minimum absolute atomic E-state index is 0.350. The Balaban J connectivity index is 0.000000383. The van der Waals surface area contributed by atoms with Crippen LogP contribution in [0.1, 0.15) is 25.0 Å². The third kappa shape index (κ3) is 6.84. The van der Waals surface area contributed by atoms with E-state index in [-0.39, 0.29) is 0 Å².